The van der Waals surface area contributed by atoms with Crippen LogP contribution in [0.15, 0.2) is 88.4 Å². The maximum absolute atomic E-state index is 13.9. The van der Waals surface area contributed by atoms with Gasteiger partial charge in [-0.15, -0.1) is 0 Å². The maximum atomic E-state index is 13.9. The first-order valence-corrected chi connectivity index (χ1v) is 13.5. The van der Waals surface area contributed by atoms with E-state index >= 15 is 0 Å². The largest absolute Gasteiger partial charge is 0.383 e. The van der Waals surface area contributed by atoms with Crippen LogP contribution in [0.2, 0.25) is 0 Å². The van der Waals surface area contributed by atoms with Crippen molar-refractivity contribution in [3.63, 3.8) is 0 Å². The number of carbonyl (C=O) groups excluding carboxylic acids is 1. The number of imidazole rings is 1. The maximum Gasteiger partial charge on any atom is 0.215 e. The van der Waals surface area contributed by atoms with E-state index < -0.39 is 0 Å². The smallest absolute Gasteiger partial charge is 0.215 e. The highest BCUT2D eigenvalue weighted by atomic mass is 79.9. The first-order chi connectivity index (χ1) is 18.0. The number of nitrogens with two attached hydrogens (primary N) is 1. The van der Waals surface area contributed by atoms with Crippen LogP contribution in [0.25, 0.3) is 27.6 Å². The minimum absolute atomic E-state index is 0.182. The Morgan fingerprint density at radius 2 is 1.89 bits per heavy atom. The van der Waals surface area contributed by atoms with Crippen LogP contribution in [0, 0.1) is 0 Å². The third kappa shape index (κ3) is 3.95. The minimum atomic E-state index is -0.182. The number of nitrogens with zero attached hydrogens (tertiary/aromatic N) is 4. The zero-order chi connectivity index (χ0) is 25.1. The van der Waals surface area contributed by atoms with E-state index in [9.17, 15) is 4.79 Å². The number of ketones is 1. The van der Waals surface area contributed by atoms with Crippen molar-refractivity contribution in [1.29, 1.82) is 0 Å². The van der Waals surface area contributed by atoms with Crippen LogP contribution in [0.5, 0.6) is 0 Å². The molecule has 1 aliphatic carbocycles. The average Bonchev–Trinajstić information content (AvgIpc) is 3.42. The van der Waals surface area contributed by atoms with Gasteiger partial charge in [0.25, 0.3) is 0 Å². The van der Waals surface area contributed by atoms with E-state index in [2.05, 4.69) is 26.0 Å². The molecule has 7 rings (SSSR count). The highest BCUT2D eigenvalue weighted by molar-refractivity contribution is 9.10. The lowest BCUT2D eigenvalue weighted by Crippen LogP contribution is -2.10. The Bertz CT molecular complexity index is 1820. The molecule has 0 spiro atoms. The van der Waals surface area contributed by atoms with Gasteiger partial charge >= 0.3 is 0 Å². The lowest BCUT2D eigenvalue weighted by molar-refractivity contribution is 0.103. The number of halogens is 1. The lowest BCUT2D eigenvalue weighted by Gasteiger charge is -2.10. The van der Waals surface area contributed by atoms with E-state index in [1.165, 1.54) is 24.8 Å². The molecule has 0 aliphatic heterocycles. The van der Waals surface area contributed by atoms with Crippen LogP contribution < -0.4 is 5.73 Å². The fourth-order valence-corrected chi connectivity index (χ4v) is 5.90. The summed E-state index contributed by atoms with van der Waals surface area (Å²) in [7, 11) is 0. The fourth-order valence-electron chi connectivity index (χ4n) is 4.57. The molecule has 3 aromatic heterocycles. The molecule has 0 bridgehead atoms. The predicted molar refractivity (Wildman–Crippen MR) is 150 cm³/mol. The van der Waals surface area contributed by atoms with E-state index in [0.29, 0.717) is 23.0 Å². The summed E-state index contributed by atoms with van der Waals surface area (Å²) >= 11 is 5.06. The van der Waals surface area contributed by atoms with Gasteiger partial charge in [-0.25, -0.2) is 9.67 Å². The number of H-pyrrole nitrogens is 1. The number of hydrogen-bond acceptors (Lipinski definition) is 5. The van der Waals surface area contributed by atoms with Gasteiger partial charge in [-0.1, -0.05) is 40.2 Å². The number of carbonyl (C=O) groups is 1. The van der Waals surface area contributed by atoms with Gasteiger partial charge in [-0.05, 0) is 73.3 Å². The molecule has 6 aromatic rings. The molecule has 1 saturated carbocycles. The summed E-state index contributed by atoms with van der Waals surface area (Å²) in [4.78, 5) is 23.0. The number of rotatable bonds is 6. The summed E-state index contributed by atoms with van der Waals surface area (Å²) in [6.45, 7) is 0. The number of nitrogens with one attached hydrogen (secondary N) is 1. The summed E-state index contributed by atoms with van der Waals surface area (Å²) in [5, 5.41) is 5.46. The first-order valence-electron chi connectivity index (χ1n) is 12.0. The molecule has 0 atom stereocenters. The van der Waals surface area contributed by atoms with Gasteiger partial charge in [0.15, 0.2) is 0 Å². The molecule has 7 nitrogen and oxygen atoms in total. The first kappa shape index (κ1) is 22.4. The number of aromatic amines is 1. The van der Waals surface area contributed by atoms with Crippen molar-refractivity contribution in [1.82, 2.24) is 23.7 Å². The number of aromatic nitrogens is 5. The van der Waals surface area contributed by atoms with Gasteiger partial charge in [-0.3, -0.25) is 8.77 Å². The standard InChI is InChI=1S/C28H21BrN6OS/c29-18-9-8-17-12-25(35(24(17)13-18)37-20-4-2-1-3-5-20)26(36)21-15-31-34(27(21)30)19-10-11-22-23(14-19)33-28(32-22)16-6-7-16/h1-5,8-16H,6-7,30H2,(H,32,33). The number of nitrogen functional groups attached to an aromatic ring is 1. The number of anilines is 1. The Morgan fingerprint density at radius 1 is 1.05 bits per heavy atom. The summed E-state index contributed by atoms with van der Waals surface area (Å²) in [5.41, 5.74) is 11.0. The van der Waals surface area contributed by atoms with Crippen LogP contribution in [0.4, 0.5) is 5.82 Å². The zero-order valence-corrected chi connectivity index (χ0v) is 22.0. The molecule has 37 heavy (non-hydrogen) atoms. The van der Waals surface area contributed by atoms with Crippen molar-refractivity contribution in [3.8, 4) is 5.69 Å². The lowest BCUT2D eigenvalue weighted by atomic mass is 10.1. The minimum Gasteiger partial charge on any atom is -0.383 e. The van der Waals surface area contributed by atoms with Crippen molar-refractivity contribution >= 4 is 61.4 Å². The van der Waals surface area contributed by atoms with E-state index in [4.69, 9.17) is 10.7 Å². The van der Waals surface area contributed by atoms with Gasteiger partial charge in [-0.2, -0.15) is 5.10 Å². The Balaban J connectivity index is 1.29. The van der Waals surface area contributed by atoms with Crippen LogP contribution in [0.1, 0.15) is 40.6 Å². The number of benzene rings is 3. The average molecular weight is 569 g/mol. The monoisotopic (exact) mass is 568 g/mol. The molecule has 0 unspecified atom stereocenters. The molecule has 3 N–H and O–H groups in total. The molecular formula is C28H21BrN6OS. The molecule has 3 aromatic carbocycles. The van der Waals surface area contributed by atoms with Crippen LogP contribution in [-0.4, -0.2) is 29.5 Å². The molecule has 1 aliphatic rings. The second-order valence-electron chi connectivity index (χ2n) is 9.21. The third-order valence-corrected chi connectivity index (χ3v) is 8.19. The van der Waals surface area contributed by atoms with Crippen molar-refractivity contribution < 1.29 is 4.79 Å². The molecular weight excluding hydrogens is 548 g/mol. The van der Waals surface area contributed by atoms with Gasteiger partial charge in [0.2, 0.25) is 5.78 Å². The quantitative estimate of drug-likeness (QED) is 0.218. The Labute approximate surface area is 225 Å². The van der Waals surface area contributed by atoms with Crippen LogP contribution in [0.3, 0.4) is 0 Å². The van der Waals surface area contributed by atoms with Crippen LogP contribution >= 0.6 is 27.9 Å². The molecule has 0 amide bonds. The van der Waals surface area contributed by atoms with Crippen molar-refractivity contribution in [3.05, 3.63) is 101 Å². The zero-order valence-electron chi connectivity index (χ0n) is 19.6. The third-order valence-electron chi connectivity index (χ3n) is 6.64. The highest BCUT2D eigenvalue weighted by Crippen LogP contribution is 2.39. The summed E-state index contributed by atoms with van der Waals surface area (Å²) in [5.74, 6) is 1.69. The Kier molecular flexibility index (Phi) is 5.23. The summed E-state index contributed by atoms with van der Waals surface area (Å²) in [6, 6.07) is 23.8. The van der Waals surface area contributed by atoms with E-state index in [1.807, 2.05) is 76.8 Å². The van der Waals surface area contributed by atoms with Crippen molar-refractivity contribution in [2.75, 3.05) is 5.73 Å². The van der Waals surface area contributed by atoms with Gasteiger partial charge in [0.1, 0.15) is 17.3 Å². The highest BCUT2D eigenvalue weighted by Gasteiger charge is 2.27. The second kappa shape index (κ2) is 8.64. The topological polar surface area (TPSA) is 94.5 Å². The molecule has 0 saturated heterocycles. The van der Waals surface area contributed by atoms with E-state index in [0.717, 1.165) is 42.8 Å². The number of hydrogen-bond donors (Lipinski definition) is 2. The fraction of sp³-hybridized carbons (Fsp3) is 0.107. The van der Waals surface area contributed by atoms with E-state index in [-0.39, 0.29) is 5.78 Å². The molecule has 9 heteroatoms. The van der Waals surface area contributed by atoms with Crippen LogP contribution in [-0.2, 0) is 0 Å². The van der Waals surface area contributed by atoms with Gasteiger partial charge < -0.3 is 10.7 Å². The molecule has 0 radical (unpaired) electrons. The summed E-state index contributed by atoms with van der Waals surface area (Å²) in [6.07, 6.45) is 3.91. The number of fused-ring (bicyclic) bond motifs is 2. The summed E-state index contributed by atoms with van der Waals surface area (Å²) < 4.78 is 4.52. The van der Waals surface area contributed by atoms with Crippen molar-refractivity contribution in [2.24, 2.45) is 0 Å². The predicted octanol–water partition coefficient (Wildman–Crippen LogP) is 6.71. The molecule has 1 fully saturated rings. The van der Waals surface area contributed by atoms with Gasteiger partial charge in [0.05, 0.1) is 34.0 Å². The molecule has 182 valence electrons. The van der Waals surface area contributed by atoms with E-state index in [1.54, 1.807) is 10.9 Å². The van der Waals surface area contributed by atoms with Gasteiger partial charge in [0, 0.05) is 20.7 Å². The Hall–Kier alpha value is -3.82. The van der Waals surface area contributed by atoms with Crippen molar-refractivity contribution in [2.45, 2.75) is 23.7 Å². The molecule has 3 heterocycles. The SMILES string of the molecule is Nc1c(C(=O)c2cc3ccc(Br)cc3n2Sc2ccccc2)cnn1-c1ccc2nc(C3CC3)[nH]c2c1. The Morgan fingerprint density at radius 3 is 2.70 bits per heavy atom. The second-order valence-corrected chi connectivity index (χ2v) is 11.1. The normalized spacial score (nSPS) is 13.5.